The first-order valence-electron chi connectivity index (χ1n) is 10.3. The van der Waals surface area contributed by atoms with Gasteiger partial charge in [0.2, 0.25) is 10.0 Å². The third-order valence-electron chi connectivity index (χ3n) is 5.67. The molecule has 3 aromatic rings. The molecule has 2 fully saturated rings. The SMILES string of the molecule is O=S(=O)(c1ccc2c(c1)c(Nc1ccc(F)c(C(F)F)c1)nn2C1CC1)N1CCOCC1. The highest BCUT2D eigenvalue weighted by molar-refractivity contribution is 7.89. The van der Waals surface area contributed by atoms with E-state index in [-0.39, 0.29) is 29.7 Å². The number of alkyl halides is 2. The average Bonchev–Trinajstić information content (AvgIpc) is 3.57. The average molecular weight is 466 g/mol. The van der Waals surface area contributed by atoms with Crippen LogP contribution >= 0.6 is 0 Å². The van der Waals surface area contributed by atoms with Gasteiger partial charge in [0.15, 0.2) is 5.82 Å². The molecule has 11 heteroatoms. The van der Waals surface area contributed by atoms with Gasteiger partial charge >= 0.3 is 0 Å². The van der Waals surface area contributed by atoms with E-state index in [4.69, 9.17) is 4.74 Å². The zero-order chi connectivity index (χ0) is 22.5. The highest BCUT2D eigenvalue weighted by Crippen LogP contribution is 2.40. The minimum Gasteiger partial charge on any atom is -0.379 e. The monoisotopic (exact) mass is 466 g/mol. The number of morpholine rings is 1. The number of benzene rings is 2. The van der Waals surface area contributed by atoms with Gasteiger partial charge in [-0.1, -0.05) is 0 Å². The predicted molar refractivity (Wildman–Crippen MR) is 112 cm³/mol. The molecule has 1 aliphatic heterocycles. The van der Waals surface area contributed by atoms with E-state index in [0.717, 1.165) is 30.5 Å². The first kappa shape index (κ1) is 21.2. The molecule has 0 bridgehead atoms. The van der Waals surface area contributed by atoms with Crippen molar-refractivity contribution in [3.63, 3.8) is 0 Å². The van der Waals surface area contributed by atoms with Crippen LogP contribution in [0.5, 0.6) is 0 Å². The smallest absolute Gasteiger partial charge is 0.266 e. The predicted octanol–water partition coefficient (Wildman–Crippen LogP) is 4.21. The number of hydrogen-bond donors (Lipinski definition) is 1. The molecule has 0 amide bonds. The van der Waals surface area contributed by atoms with Gasteiger partial charge < -0.3 is 10.1 Å². The molecule has 1 saturated heterocycles. The Bertz CT molecular complexity index is 1270. The van der Waals surface area contributed by atoms with E-state index in [0.29, 0.717) is 24.4 Å². The van der Waals surface area contributed by atoms with Gasteiger partial charge in [0.25, 0.3) is 6.43 Å². The van der Waals surface area contributed by atoms with E-state index in [2.05, 4.69) is 10.4 Å². The first-order chi connectivity index (χ1) is 15.3. The largest absolute Gasteiger partial charge is 0.379 e. The van der Waals surface area contributed by atoms with Crippen molar-refractivity contribution in [2.75, 3.05) is 31.6 Å². The Hall–Kier alpha value is -2.63. The Labute approximate surface area is 182 Å². The molecule has 5 rings (SSSR count). The van der Waals surface area contributed by atoms with Gasteiger partial charge in [0, 0.05) is 24.2 Å². The standard InChI is InChI=1S/C21H21F3N4O3S/c22-18-5-1-13(11-16(18)20(23)24)25-21-17-12-15(32(29,30)27-7-9-31-10-8-27)4-6-19(17)28(26-21)14-2-3-14/h1,4-6,11-12,14,20H,2-3,7-10H2,(H,25,26). The minimum absolute atomic E-state index is 0.123. The van der Waals surface area contributed by atoms with E-state index in [9.17, 15) is 21.6 Å². The van der Waals surface area contributed by atoms with Crippen LogP contribution in [0.4, 0.5) is 24.7 Å². The minimum atomic E-state index is -3.72. The molecule has 1 saturated carbocycles. The Kier molecular flexibility index (Phi) is 5.34. The van der Waals surface area contributed by atoms with E-state index in [1.54, 1.807) is 18.2 Å². The maximum Gasteiger partial charge on any atom is 0.266 e. The molecule has 0 radical (unpaired) electrons. The normalized spacial score (nSPS) is 17.9. The number of nitrogens with one attached hydrogen (secondary N) is 1. The molecule has 1 aromatic heterocycles. The van der Waals surface area contributed by atoms with Crippen LogP contribution < -0.4 is 5.32 Å². The second-order valence-corrected chi connectivity index (χ2v) is 9.82. The van der Waals surface area contributed by atoms with Crippen molar-refractivity contribution in [2.24, 2.45) is 0 Å². The van der Waals surface area contributed by atoms with Gasteiger partial charge in [-0.15, -0.1) is 0 Å². The number of rotatable bonds is 6. The summed E-state index contributed by atoms with van der Waals surface area (Å²) < 4.78 is 74.6. The number of anilines is 2. The Balaban J connectivity index is 1.56. The third kappa shape index (κ3) is 3.84. The lowest BCUT2D eigenvalue weighted by Gasteiger charge is -2.26. The van der Waals surface area contributed by atoms with Crippen LogP contribution in [0, 0.1) is 5.82 Å². The van der Waals surface area contributed by atoms with Crippen molar-refractivity contribution in [1.82, 2.24) is 14.1 Å². The summed E-state index contributed by atoms with van der Waals surface area (Å²) >= 11 is 0. The van der Waals surface area contributed by atoms with E-state index >= 15 is 0 Å². The fourth-order valence-corrected chi connectivity index (χ4v) is 5.27. The Morgan fingerprint density at radius 3 is 2.53 bits per heavy atom. The number of aromatic nitrogens is 2. The zero-order valence-electron chi connectivity index (χ0n) is 17.0. The van der Waals surface area contributed by atoms with Gasteiger partial charge in [-0.05, 0) is 49.2 Å². The maximum absolute atomic E-state index is 13.7. The van der Waals surface area contributed by atoms with Crippen LogP contribution in [0.3, 0.4) is 0 Å². The third-order valence-corrected chi connectivity index (χ3v) is 7.57. The fraction of sp³-hybridized carbons (Fsp3) is 0.381. The van der Waals surface area contributed by atoms with Crippen LogP contribution in [-0.4, -0.2) is 48.8 Å². The molecule has 1 N–H and O–H groups in total. The second-order valence-electron chi connectivity index (χ2n) is 7.88. The molecule has 0 unspecified atom stereocenters. The van der Waals surface area contributed by atoms with Gasteiger partial charge in [-0.2, -0.15) is 9.40 Å². The summed E-state index contributed by atoms with van der Waals surface area (Å²) in [6.07, 6.45) is -1.05. The summed E-state index contributed by atoms with van der Waals surface area (Å²) in [6, 6.07) is 8.39. The molecular formula is C21H21F3N4O3S. The van der Waals surface area contributed by atoms with Crippen molar-refractivity contribution in [3.8, 4) is 0 Å². The molecule has 7 nitrogen and oxygen atoms in total. The number of halogens is 3. The van der Waals surface area contributed by atoms with Crippen molar-refractivity contribution < 1.29 is 26.3 Å². The highest BCUT2D eigenvalue weighted by Gasteiger charge is 2.30. The molecule has 0 spiro atoms. The molecule has 2 heterocycles. The molecule has 1 aliphatic carbocycles. The first-order valence-corrected chi connectivity index (χ1v) is 11.7. The summed E-state index contributed by atoms with van der Waals surface area (Å²) in [5, 5.41) is 8.10. The highest BCUT2D eigenvalue weighted by atomic mass is 32.2. The number of ether oxygens (including phenoxy) is 1. The number of fused-ring (bicyclic) bond motifs is 1. The van der Waals surface area contributed by atoms with Gasteiger partial charge in [-0.25, -0.2) is 21.6 Å². The summed E-state index contributed by atoms with van der Waals surface area (Å²) in [7, 11) is -3.72. The maximum atomic E-state index is 13.7. The molecular weight excluding hydrogens is 445 g/mol. The van der Waals surface area contributed by atoms with Crippen LogP contribution in [0.25, 0.3) is 10.9 Å². The second kappa shape index (κ2) is 8.05. The molecule has 2 aliphatic rings. The number of sulfonamides is 1. The summed E-state index contributed by atoms with van der Waals surface area (Å²) in [5.74, 6) is -0.657. The molecule has 2 aromatic carbocycles. The van der Waals surface area contributed by atoms with E-state index < -0.39 is 27.8 Å². The summed E-state index contributed by atoms with van der Waals surface area (Å²) in [4.78, 5) is 0.123. The van der Waals surface area contributed by atoms with Crippen LogP contribution in [0.1, 0.15) is 30.9 Å². The lowest BCUT2D eigenvalue weighted by Crippen LogP contribution is -2.40. The zero-order valence-corrected chi connectivity index (χ0v) is 17.8. The number of nitrogens with zero attached hydrogens (tertiary/aromatic N) is 3. The van der Waals surface area contributed by atoms with Gasteiger partial charge in [-0.3, -0.25) is 4.68 Å². The number of hydrogen-bond acceptors (Lipinski definition) is 5. The molecule has 32 heavy (non-hydrogen) atoms. The Morgan fingerprint density at radius 2 is 1.84 bits per heavy atom. The quantitative estimate of drug-likeness (QED) is 0.589. The van der Waals surface area contributed by atoms with E-state index in [1.807, 2.05) is 4.68 Å². The van der Waals surface area contributed by atoms with Crippen LogP contribution in [-0.2, 0) is 14.8 Å². The molecule has 170 valence electrons. The molecule has 0 atom stereocenters. The van der Waals surface area contributed by atoms with Crippen molar-refractivity contribution in [3.05, 3.63) is 47.8 Å². The Morgan fingerprint density at radius 1 is 1.09 bits per heavy atom. The van der Waals surface area contributed by atoms with E-state index in [1.165, 1.54) is 10.4 Å². The van der Waals surface area contributed by atoms with Crippen molar-refractivity contribution >= 4 is 32.4 Å². The summed E-state index contributed by atoms with van der Waals surface area (Å²) in [6.45, 7) is 1.23. The lowest BCUT2D eigenvalue weighted by atomic mass is 10.2. The topological polar surface area (TPSA) is 76.5 Å². The van der Waals surface area contributed by atoms with Crippen molar-refractivity contribution in [2.45, 2.75) is 30.2 Å². The van der Waals surface area contributed by atoms with Crippen LogP contribution in [0.15, 0.2) is 41.3 Å². The van der Waals surface area contributed by atoms with Gasteiger partial charge in [0.1, 0.15) is 5.82 Å². The van der Waals surface area contributed by atoms with Gasteiger partial charge in [0.05, 0.1) is 35.2 Å². The van der Waals surface area contributed by atoms with Crippen molar-refractivity contribution in [1.29, 1.82) is 0 Å². The summed E-state index contributed by atoms with van der Waals surface area (Å²) in [5.41, 5.74) is 0.272. The van der Waals surface area contributed by atoms with Crippen LogP contribution in [0.2, 0.25) is 0 Å². The lowest BCUT2D eigenvalue weighted by molar-refractivity contribution is 0.0730. The fourth-order valence-electron chi connectivity index (χ4n) is 3.83.